The summed E-state index contributed by atoms with van der Waals surface area (Å²) in [5, 5.41) is 5.87. The van der Waals surface area contributed by atoms with Gasteiger partial charge >= 0.3 is 0 Å². The molecule has 2 N–H and O–H groups in total. The highest BCUT2D eigenvalue weighted by Crippen LogP contribution is 2.20. The molecule has 0 saturated heterocycles. The monoisotopic (exact) mass is 268 g/mol. The molecule has 0 heterocycles. The third-order valence-corrected chi connectivity index (χ3v) is 2.48. The van der Waals surface area contributed by atoms with Crippen LogP contribution in [0.15, 0.2) is 18.2 Å². The van der Waals surface area contributed by atoms with E-state index in [1.807, 2.05) is 26.8 Å². The quantitative estimate of drug-likeness (QED) is 0.825. The van der Waals surface area contributed by atoms with Crippen molar-refractivity contribution < 1.29 is 9.59 Å². The lowest BCUT2D eigenvalue weighted by Crippen LogP contribution is -2.33. The first-order valence-corrected chi connectivity index (χ1v) is 6.11. The summed E-state index contributed by atoms with van der Waals surface area (Å²) in [6, 6.07) is 5.25. The third-order valence-electron chi connectivity index (χ3n) is 2.24. The minimum Gasteiger partial charge on any atom is -0.353 e. The Balaban J connectivity index is 2.59. The van der Waals surface area contributed by atoms with Gasteiger partial charge in [-0.15, -0.1) is 0 Å². The van der Waals surface area contributed by atoms with Crippen LogP contribution in [-0.2, 0) is 9.59 Å². The SMILES string of the molecule is Cc1ccc(Cl)cc1NC(=O)CC(=O)NC(C)C. The number of benzene rings is 1. The van der Waals surface area contributed by atoms with Crippen LogP contribution in [0.4, 0.5) is 5.69 Å². The standard InChI is InChI=1S/C13H17ClN2O2/c1-8(2)15-12(17)7-13(18)16-11-6-10(14)5-4-9(11)3/h4-6,8H,7H2,1-3H3,(H,15,17)(H,16,18). The number of hydrogen-bond donors (Lipinski definition) is 2. The minimum absolute atomic E-state index is 0.0261. The second-order valence-electron chi connectivity index (χ2n) is 4.41. The number of nitrogens with one attached hydrogen (secondary N) is 2. The zero-order chi connectivity index (χ0) is 13.7. The van der Waals surface area contributed by atoms with E-state index in [1.165, 1.54) is 0 Å². The number of carbonyl (C=O) groups is 2. The highest BCUT2D eigenvalue weighted by Gasteiger charge is 2.11. The average molecular weight is 269 g/mol. The van der Waals surface area contributed by atoms with Gasteiger partial charge in [-0.25, -0.2) is 0 Å². The Hall–Kier alpha value is -1.55. The van der Waals surface area contributed by atoms with Gasteiger partial charge in [-0.2, -0.15) is 0 Å². The zero-order valence-corrected chi connectivity index (χ0v) is 11.5. The van der Waals surface area contributed by atoms with Crippen molar-refractivity contribution in [2.75, 3.05) is 5.32 Å². The van der Waals surface area contributed by atoms with E-state index in [0.29, 0.717) is 10.7 Å². The molecular formula is C13H17ClN2O2. The molecule has 0 aliphatic heterocycles. The molecule has 0 spiro atoms. The van der Waals surface area contributed by atoms with Gasteiger partial charge in [0.1, 0.15) is 6.42 Å². The number of anilines is 1. The molecule has 0 aliphatic rings. The Morgan fingerprint density at radius 2 is 1.94 bits per heavy atom. The molecule has 0 bridgehead atoms. The van der Waals surface area contributed by atoms with Crippen LogP contribution < -0.4 is 10.6 Å². The predicted molar refractivity (Wildman–Crippen MR) is 72.7 cm³/mol. The summed E-state index contributed by atoms with van der Waals surface area (Å²) < 4.78 is 0. The summed E-state index contributed by atoms with van der Waals surface area (Å²) in [4.78, 5) is 23.1. The van der Waals surface area contributed by atoms with Gasteiger partial charge in [-0.1, -0.05) is 17.7 Å². The van der Waals surface area contributed by atoms with E-state index >= 15 is 0 Å². The van der Waals surface area contributed by atoms with Crippen molar-refractivity contribution in [2.45, 2.75) is 33.2 Å². The lowest BCUT2D eigenvalue weighted by atomic mass is 10.2. The normalized spacial score (nSPS) is 10.3. The van der Waals surface area contributed by atoms with Crippen molar-refractivity contribution in [1.29, 1.82) is 0 Å². The first-order chi connectivity index (χ1) is 8.38. The van der Waals surface area contributed by atoms with Gasteiger partial charge in [0.25, 0.3) is 0 Å². The first kappa shape index (κ1) is 14.5. The smallest absolute Gasteiger partial charge is 0.233 e. The zero-order valence-electron chi connectivity index (χ0n) is 10.7. The Morgan fingerprint density at radius 3 is 2.56 bits per heavy atom. The Labute approximate surface area is 112 Å². The molecule has 0 saturated carbocycles. The first-order valence-electron chi connectivity index (χ1n) is 5.74. The highest BCUT2D eigenvalue weighted by atomic mass is 35.5. The fourth-order valence-corrected chi connectivity index (χ4v) is 1.61. The molecule has 0 aromatic heterocycles. The van der Waals surface area contributed by atoms with Gasteiger partial charge in [0.15, 0.2) is 0 Å². The van der Waals surface area contributed by atoms with E-state index < -0.39 is 0 Å². The number of halogens is 1. The Bertz CT molecular complexity index is 458. The van der Waals surface area contributed by atoms with Crippen LogP contribution in [-0.4, -0.2) is 17.9 Å². The van der Waals surface area contributed by atoms with Crippen LogP contribution in [0.5, 0.6) is 0 Å². The van der Waals surface area contributed by atoms with Gasteiger partial charge < -0.3 is 10.6 Å². The highest BCUT2D eigenvalue weighted by molar-refractivity contribution is 6.31. The number of rotatable bonds is 4. The van der Waals surface area contributed by atoms with Crippen molar-refractivity contribution in [3.8, 4) is 0 Å². The lowest BCUT2D eigenvalue weighted by molar-refractivity contribution is -0.127. The van der Waals surface area contributed by atoms with Crippen LogP contribution in [0.1, 0.15) is 25.8 Å². The van der Waals surface area contributed by atoms with Crippen molar-refractivity contribution in [3.63, 3.8) is 0 Å². The molecule has 98 valence electrons. The maximum Gasteiger partial charge on any atom is 0.233 e. The van der Waals surface area contributed by atoms with Crippen LogP contribution >= 0.6 is 11.6 Å². The molecular weight excluding hydrogens is 252 g/mol. The van der Waals surface area contributed by atoms with Gasteiger partial charge in [0.05, 0.1) is 0 Å². The topological polar surface area (TPSA) is 58.2 Å². The molecule has 4 nitrogen and oxygen atoms in total. The molecule has 0 radical (unpaired) electrons. The molecule has 0 unspecified atom stereocenters. The maximum absolute atomic E-state index is 11.7. The van der Waals surface area contributed by atoms with Gasteiger partial charge in [-0.05, 0) is 38.5 Å². The molecule has 5 heteroatoms. The average Bonchev–Trinajstić information content (AvgIpc) is 2.21. The fraction of sp³-hybridized carbons (Fsp3) is 0.385. The van der Waals surface area contributed by atoms with Crippen LogP contribution in [0.3, 0.4) is 0 Å². The molecule has 1 aromatic rings. The summed E-state index contributed by atoms with van der Waals surface area (Å²) in [5.41, 5.74) is 1.53. The summed E-state index contributed by atoms with van der Waals surface area (Å²) in [6.07, 6.45) is -0.190. The molecule has 2 amide bonds. The van der Waals surface area contributed by atoms with Crippen LogP contribution in [0, 0.1) is 6.92 Å². The van der Waals surface area contributed by atoms with Crippen molar-refractivity contribution in [3.05, 3.63) is 28.8 Å². The van der Waals surface area contributed by atoms with Crippen LogP contribution in [0.25, 0.3) is 0 Å². The third kappa shape index (κ3) is 4.75. The maximum atomic E-state index is 11.7. The van der Waals surface area contributed by atoms with Crippen LogP contribution in [0.2, 0.25) is 5.02 Å². The van der Waals surface area contributed by atoms with E-state index in [-0.39, 0.29) is 24.3 Å². The minimum atomic E-state index is -0.349. The number of aryl methyl sites for hydroxylation is 1. The van der Waals surface area contributed by atoms with Gasteiger partial charge in [0.2, 0.25) is 11.8 Å². The molecule has 18 heavy (non-hydrogen) atoms. The summed E-state index contributed by atoms with van der Waals surface area (Å²) >= 11 is 5.84. The van der Waals surface area contributed by atoms with Crippen molar-refractivity contribution >= 4 is 29.1 Å². The van der Waals surface area contributed by atoms with E-state index in [0.717, 1.165) is 5.56 Å². The van der Waals surface area contributed by atoms with Crippen molar-refractivity contribution in [1.82, 2.24) is 5.32 Å². The number of amides is 2. The number of hydrogen-bond acceptors (Lipinski definition) is 2. The van der Waals surface area contributed by atoms with E-state index in [1.54, 1.807) is 12.1 Å². The van der Waals surface area contributed by atoms with E-state index in [2.05, 4.69) is 10.6 Å². The van der Waals surface area contributed by atoms with E-state index in [9.17, 15) is 9.59 Å². The summed E-state index contributed by atoms with van der Waals surface area (Å²) in [5.74, 6) is -0.638. The van der Waals surface area contributed by atoms with Crippen molar-refractivity contribution in [2.24, 2.45) is 0 Å². The summed E-state index contributed by atoms with van der Waals surface area (Å²) in [7, 11) is 0. The largest absolute Gasteiger partial charge is 0.353 e. The van der Waals surface area contributed by atoms with Gasteiger partial charge in [-0.3, -0.25) is 9.59 Å². The van der Waals surface area contributed by atoms with Gasteiger partial charge in [0, 0.05) is 16.8 Å². The fourth-order valence-electron chi connectivity index (χ4n) is 1.44. The second kappa shape index (κ2) is 6.40. The number of carbonyl (C=O) groups excluding carboxylic acids is 2. The second-order valence-corrected chi connectivity index (χ2v) is 4.84. The Morgan fingerprint density at radius 1 is 1.28 bits per heavy atom. The molecule has 0 aliphatic carbocycles. The van der Waals surface area contributed by atoms with E-state index in [4.69, 9.17) is 11.6 Å². The molecule has 0 atom stereocenters. The summed E-state index contributed by atoms with van der Waals surface area (Å²) in [6.45, 7) is 5.55. The molecule has 1 aromatic carbocycles. The molecule has 0 fully saturated rings. The lowest BCUT2D eigenvalue weighted by Gasteiger charge is -2.10. The molecule has 1 rings (SSSR count). The Kier molecular flexibility index (Phi) is 5.16. The predicted octanol–water partition coefficient (Wildman–Crippen LogP) is 2.50.